The van der Waals surface area contributed by atoms with Crippen LogP contribution in [-0.4, -0.2) is 11.6 Å². The van der Waals surface area contributed by atoms with Crippen molar-refractivity contribution in [3.63, 3.8) is 0 Å². The van der Waals surface area contributed by atoms with E-state index in [4.69, 9.17) is 27.9 Å². The molecule has 2 nitrogen and oxygen atoms in total. The summed E-state index contributed by atoms with van der Waals surface area (Å²) in [5.41, 5.74) is 4.95. The van der Waals surface area contributed by atoms with Gasteiger partial charge in [-0.1, -0.05) is 11.6 Å². The summed E-state index contributed by atoms with van der Waals surface area (Å²) in [5.74, 6) is 0.800. The first-order valence-corrected chi connectivity index (χ1v) is 7.79. The number of nitrogens with zero attached hydrogens (tertiary/aromatic N) is 1. The minimum absolute atomic E-state index is 0.179. The third-order valence-corrected chi connectivity index (χ3v) is 4.01. The molecule has 0 amide bonds. The van der Waals surface area contributed by atoms with Crippen LogP contribution in [0.15, 0.2) is 24.5 Å². The zero-order chi connectivity index (χ0) is 15.6. The van der Waals surface area contributed by atoms with Gasteiger partial charge in [0, 0.05) is 34.1 Å². The molecule has 0 aliphatic rings. The van der Waals surface area contributed by atoms with Crippen LogP contribution in [0.1, 0.15) is 35.9 Å². The molecule has 1 unspecified atom stereocenters. The fourth-order valence-corrected chi connectivity index (χ4v) is 2.75. The predicted molar refractivity (Wildman–Crippen MR) is 89.6 cm³/mol. The van der Waals surface area contributed by atoms with Crippen molar-refractivity contribution >= 4 is 23.2 Å². The summed E-state index contributed by atoms with van der Waals surface area (Å²) in [6.45, 7) is 8.46. The lowest BCUT2D eigenvalue weighted by Gasteiger charge is -2.20. The molecule has 1 aromatic heterocycles. The fraction of sp³-hybridized carbons (Fsp3) is 0.353. The molecule has 4 heteroatoms. The van der Waals surface area contributed by atoms with E-state index in [-0.39, 0.29) is 5.38 Å². The molecule has 0 aliphatic heterocycles. The Kier molecular flexibility index (Phi) is 5.13. The van der Waals surface area contributed by atoms with Crippen molar-refractivity contribution in [1.29, 1.82) is 0 Å². The van der Waals surface area contributed by atoms with Gasteiger partial charge in [0.25, 0.3) is 0 Å². The summed E-state index contributed by atoms with van der Waals surface area (Å²) in [7, 11) is 0. The molecule has 0 spiro atoms. The van der Waals surface area contributed by atoms with Crippen molar-refractivity contribution in [3.8, 4) is 16.9 Å². The van der Waals surface area contributed by atoms with Crippen molar-refractivity contribution in [3.05, 3.63) is 46.2 Å². The van der Waals surface area contributed by atoms with Crippen LogP contribution in [0.4, 0.5) is 0 Å². The van der Waals surface area contributed by atoms with E-state index in [2.05, 4.69) is 11.1 Å². The van der Waals surface area contributed by atoms with Gasteiger partial charge >= 0.3 is 0 Å². The third kappa shape index (κ3) is 3.33. The van der Waals surface area contributed by atoms with Crippen molar-refractivity contribution in [2.24, 2.45) is 0 Å². The number of ether oxygens (including phenoxy) is 1. The second-order valence-corrected chi connectivity index (χ2v) is 6.14. The first-order chi connectivity index (χ1) is 9.95. The molecule has 0 aliphatic carbocycles. The molecule has 21 heavy (non-hydrogen) atoms. The number of aromatic nitrogens is 1. The second-order valence-electron chi connectivity index (χ2n) is 5.08. The fourth-order valence-electron chi connectivity index (χ4n) is 2.38. The van der Waals surface area contributed by atoms with Crippen LogP contribution in [0, 0.1) is 13.8 Å². The maximum atomic E-state index is 6.39. The maximum Gasteiger partial charge on any atom is 0.132 e. The number of halogens is 2. The van der Waals surface area contributed by atoms with Crippen LogP contribution < -0.4 is 4.74 Å². The molecule has 0 saturated heterocycles. The largest absolute Gasteiger partial charge is 0.493 e. The summed E-state index contributed by atoms with van der Waals surface area (Å²) < 4.78 is 5.89. The summed E-state index contributed by atoms with van der Waals surface area (Å²) in [5, 5.41) is 0.513. The maximum absolute atomic E-state index is 6.39. The Balaban J connectivity index is 2.78. The Morgan fingerprint density at radius 3 is 2.52 bits per heavy atom. The van der Waals surface area contributed by atoms with E-state index < -0.39 is 0 Å². The molecule has 0 fully saturated rings. The van der Waals surface area contributed by atoms with Gasteiger partial charge in [0.1, 0.15) is 5.75 Å². The van der Waals surface area contributed by atoms with Gasteiger partial charge in [-0.3, -0.25) is 4.98 Å². The first kappa shape index (κ1) is 16.1. The van der Waals surface area contributed by atoms with Gasteiger partial charge in [0.2, 0.25) is 0 Å². The first-order valence-electron chi connectivity index (χ1n) is 6.97. The average Bonchev–Trinajstić information content (AvgIpc) is 2.42. The third-order valence-electron chi connectivity index (χ3n) is 3.39. The van der Waals surface area contributed by atoms with Crippen LogP contribution in [0.2, 0.25) is 5.02 Å². The molecule has 0 radical (unpaired) electrons. The van der Waals surface area contributed by atoms with E-state index in [9.17, 15) is 0 Å². The Hall–Kier alpha value is -1.25. The van der Waals surface area contributed by atoms with Gasteiger partial charge in [0.05, 0.1) is 12.0 Å². The molecule has 1 heterocycles. The summed E-state index contributed by atoms with van der Waals surface area (Å²) in [4.78, 5) is 4.28. The lowest BCUT2D eigenvalue weighted by atomic mass is 9.95. The van der Waals surface area contributed by atoms with E-state index in [1.54, 1.807) is 0 Å². The van der Waals surface area contributed by atoms with Crippen LogP contribution in [0.3, 0.4) is 0 Å². The van der Waals surface area contributed by atoms with Gasteiger partial charge in [-0.2, -0.15) is 0 Å². The summed E-state index contributed by atoms with van der Waals surface area (Å²) in [6.07, 6.45) is 3.66. The van der Waals surface area contributed by atoms with E-state index in [1.807, 2.05) is 46.2 Å². The lowest BCUT2D eigenvalue weighted by Crippen LogP contribution is -2.02. The van der Waals surface area contributed by atoms with E-state index >= 15 is 0 Å². The molecule has 1 aromatic carbocycles. The highest BCUT2D eigenvalue weighted by Gasteiger charge is 2.20. The smallest absolute Gasteiger partial charge is 0.132 e. The molecule has 0 N–H and O–H groups in total. The predicted octanol–water partition coefficient (Wildman–Crippen LogP) is 5.72. The SMILES string of the molecule is CCOc1c(C(C)Cl)cc(Cl)c(C)c1-c1cncc(C)c1. The Morgan fingerprint density at radius 2 is 1.95 bits per heavy atom. The molecule has 2 rings (SSSR count). The number of alkyl halides is 1. The molecule has 0 bridgehead atoms. The number of hydrogen-bond donors (Lipinski definition) is 0. The molecule has 0 saturated carbocycles. The number of rotatable bonds is 4. The Bertz CT molecular complexity index is 653. The summed E-state index contributed by atoms with van der Waals surface area (Å²) in [6, 6.07) is 3.98. The highest BCUT2D eigenvalue weighted by molar-refractivity contribution is 6.32. The lowest BCUT2D eigenvalue weighted by molar-refractivity contribution is 0.338. The number of aryl methyl sites for hydroxylation is 1. The zero-order valence-corrected chi connectivity index (χ0v) is 14.2. The van der Waals surface area contributed by atoms with Crippen molar-refractivity contribution in [2.75, 3.05) is 6.61 Å². The summed E-state index contributed by atoms with van der Waals surface area (Å²) >= 11 is 12.7. The quantitative estimate of drug-likeness (QED) is 0.671. The number of benzene rings is 1. The standard InChI is InChI=1S/C17H19Cl2NO/c1-5-21-17-14(12(4)18)7-15(19)11(3)16(17)13-6-10(2)8-20-9-13/h6-9,12H,5H2,1-4H3. The van der Waals surface area contributed by atoms with Crippen molar-refractivity contribution in [2.45, 2.75) is 33.1 Å². The highest BCUT2D eigenvalue weighted by Crippen LogP contribution is 2.43. The van der Waals surface area contributed by atoms with Gasteiger partial charge < -0.3 is 4.74 Å². The van der Waals surface area contributed by atoms with Crippen molar-refractivity contribution < 1.29 is 4.74 Å². The molecule has 2 aromatic rings. The normalized spacial score (nSPS) is 12.3. The monoisotopic (exact) mass is 323 g/mol. The topological polar surface area (TPSA) is 22.1 Å². The second kappa shape index (κ2) is 6.67. The van der Waals surface area contributed by atoms with Crippen molar-refractivity contribution in [1.82, 2.24) is 4.98 Å². The van der Waals surface area contributed by atoms with Crippen LogP contribution in [0.5, 0.6) is 5.75 Å². The van der Waals surface area contributed by atoms with Gasteiger partial charge in [-0.05, 0) is 51.0 Å². The van der Waals surface area contributed by atoms with Gasteiger partial charge in [0.15, 0.2) is 0 Å². The van der Waals surface area contributed by atoms with E-state index in [1.165, 1.54) is 0 Å². The minimum atomic E-state index is -0.179. The number of pyridine rings is 1. The minimum Gasteiger partial charge on any atom is -0.493 e. The molecular weight excluding hydrogens is 305 g/mol. The Labute approximate surface area is 136 Å². The van der Waals surface area contributed by atoms with Gasteiger partial charge in [-0.25, -0.2) is 0 Å². The Morgan fingerprint density at radius 1 is 1.24 bits per heavy atom. The van der Waals surface area contributed by atoms with Crippen LogP contribution >= 0.6 is 23.2 Å². The number of hydrogen-bond acceptors (Lipinski definition) is 2. The van der Waals surface area contributed by atoms with Crippen LogP contribution in [0.25, 0.3) is 11.1 Å². The average molecular weight is 324 g/mol. The molecule has 112 valence electrons. The van der Waals surface area contributed by atoms with Gasteiger partial charge in [-0.15, -0.1) is 11.6 Å². The van der Waals surface area contributed by atoms with E-state index in [0.29, 0.717) is 11.6 Å². The molecule has 1 atom stereocenters. The molecular formula is C17H19Cl2NO. The zero-order valence-electron chi connectivity index (χ0n) is 12.7. The van der Waals surface area contributed by atoms with E-state index in [0.717, 1.165) is 33.6 Å². The highest BCUT2D eigenvalue weighted by atomic mass is 35.5. The van der Waals surface area contributed by atoms with Crippen LogP contribution in [-0.2, 0) is 0 Å².